The van der Waals surface area contributed by atoms with E-state index in [2.05, 4.69) is 13.8 Å². The van der Waals surface area contributed by atoms with Crippen molar-refractivity contribution in [3.05, 3.63) is 0 Å². The van der Waals surface area contributed by atoms with Crippen LogP contribution in [0.1, 0.15) is 52.4 Å². The second-order valence-corrected chi connectivity index (χ2v) is 4.39. The van der Waals surface area contributed by atoms with Crippen molar-refractivity contribution in [1.82, 2.24) is 0 Å². The van der Waals surface area contributed by atoms with Crippen LogP contribution in [-0.2, 0) is 0 Å². The highest BCUT2D eigenvalue weighted by Gasteiger charge is 2.29. The van der Waals surface area contributed by atoms with Gasteiger partial charge in [0.05, 0.1) is 0 Å². The molecule has 11 heavy (non-hydrogen) atoms. The van der Waals surface area contributed by atoms with Crippen LogP contribution >= 0.6 is 0 Å². The van der Waals surface area contributed by atoms with Crippen molar-refractivity contribution in [2.24, 2.45) is 11.1 Å². The number of hydrogen-bond acceptors (Lipinski definition) is 1. The number of hydrogen-bond donors (Lipinski definition) is 1. The van der Waals surface area contributed by atoms with E-state index in [0.29, 0.717) is 11.5 Å². The Morgan fingerprint density at radius 1 is 1.36 bits per heavy atom. The van der Waals surface area contributed by atoms with E-state index >= 15 is 0 Å². The van der Waals surface area contributed by atoms with Gasteiger partial charge in [0, 0.05) is 6.04 Å². The minimum absolute atomic E-state index is 0.443. The van der Waals surface area contributed by atoms with Gasteiger partial charge in [0.15, 0.2) is 0 Å². The maximum atomic E-state index is 5.94. The third kappa shape index (κ3) is 2.48. The molecule has 1 unspecified atom stereocenters. The van der Waals surface area contributed by atoms with Crippen LogP contribution in [0.2, 0.25) is 0 Å². The summed E-state index contributed by atoms with van der Waals surface area (Å²) in [6.07, 6.45) is 8.03. The number of nitrogens with two attached hydrogens (primary N) is 1. The topological polar surface area (TPSA) is 26.0 Å². The molecule has 0 amide bonds. The van der Waals surface area contributed by atoms with Crippen molar-refractivity contribution in [1.29, 1.82) is 0 Å². The predicted molar refractivity (Wildman–Crippen MR) is 49.5 cm³/mol. The van der Waals surface area contributed by atoms with Crippen LogP contribution in [0.3, 0.4) is 0 Å². The van der Waals surface area contributed by atoms with Crippen molar-refractivity contribution >= 4 is 0 Å². The average Bonchev–Trinajstić information content (AvgIpc) is 2.36. The molecule has 0 spiro atoms. The third-order valence-electron chi connectivity index (χ3n) is 3.09. The molecule has 0 heterocycles. The minimum Gasteiger partial charge on any atom is -0.328 e. The zero-order chi connectivity index (χ0) is 8.32. The fourth-order valence-corrected chi connectivity index (χ4v) is 2.21. The molecule has 1 aliphatic rings. The van der Waals surface area contributed by atoms with Gasteiger partial charge in [-0.05, 0) is 31.1 Å². The first kappa shape index (κ1) is 9.05. The molecule has 1 atom stereocenters. The molecule has 0 bridgehead atoms. The molecular formula is C10H21N. The summed E-state index contributed by atoms with van der Waals surface area (Å²) in [6.45, 7) is 4.58. The smallest absolute Gasteiger partial charge is 0.00413 e. The Morgan fingerprint density at radius 2 is 1.91 bits per heavy atom. The first-order valence-electron chi connectivity index (χ1n) is 4.92. The van der Waals surface area contributed by atoms with Gasteiger partial charge in [-0.15, -0.1) is 0 Å². The standard InChI is InChI=1S/C10H21N/c1-3-9(11)8-10(2)6-4-5-7-10/h9H,3-8,11H2,1-2H3. The molecule has 0 aromatic rings. The second kappa shape index (κ2) is 3.57. The largest absolute Gasteiger partial charge is 0.328 e. The zero-order valence-corrected chi connectivity index (χ0v) is 7.90. The Hall–Kier alpha value is -0.0400. The van der Waals surface area contributed by atoms with Gasteiger partial charge >= 0.3 is 0 Å². The first-order chi connectivity index (χ1) is 5.16. The van der Waals surface area contributed by atoms with Gasteiger partial charge in [0.1, 0.15) is 0 Å². The zero-order valence-electron chi connectivity index (χ0n) is 7.90. The van der Waals surface area contributed by atoms with E-state index in [4.69, 9.17) is 5.73 Å². The Morgan fingerprint density at radius 3 is 2.36 bits per heavy atom. The molecular weight excluding hydrogens is 134 g/mol. The lowest BCUT2D eigenvalue weighted by atomic mass is 9.82. The van der Waals surface area contributed by atoms with Crippen LogP contribution in [0.25, 0.3) is 0 Å². The summed E-state index contributed by atoms with van der Waals surface area (Å²) in [5.41, 5.74) is 6.53. The summed E-state index contributed by atoms with van der Waals surface area (Å²) < 4.78 is 0. The quantitative estimate of drug-likeness (QED) is 0.666. The molecule has 1 nitrogen and oxygen atoms in total. The molecule has 2 N–H and O–H groups in total. The van der Waals surface area contributed by atoms with Crippen LogP contribution in [0, 0.1) is 5.41 Å². The highest BCUT2D eigenvalue weighted by molar-refractivity contribution is 4.83. The van der Waals surface area contributed by atoms with E-state index < -0.39 is 0 Å². The summed E-state index contributed by atoms with van der Waals surface area (Å²) in [5.74, 6) is 0. The highest BCUT2D eigenvalue weighted by Crippen LogP contribution is 2.41. The normalized spacial score (nSPS) is 25.4. The summed E-state index contributed by atoms with van der Waals surface area (Å²) >= 11 is 0. The molecule has 0 aromatic carbocycles. The lowest BCUT2D eigenvalue weighted by molar-refractivity contribution is 0.278. The van der Waals surface area contributed by atoms with E-state index in [9.17, 15) is 0 Å². The molecule has 1 fully saturated rings. The Bertz CT molecular complexity index is 114. The molecule has 1 aliphatic carbocycles. The van der Waals surface area contributed by atoms with Crippen molar-refractivity contribution in [2.75, 3.05) is 0 Å². The van der Waals surface area contributed by atoms with Crippen LogP contribution in [0.15, 0.2) is 0 Å². The van der Waals surface area contributed by atoms with Crippen molar-refractivity contribution in [3.63, 3.8) is 0 Å². The van der Waals surface area contributed by atoms with Crippen LogP contribution in [-0.4, -0.2) is 6.04 Å². The predicted octanol–water partition coefficient (Wildman–Crippen LogP) is 2.69. The van der Waals surface area contributed by atoms with Gasteiger partial charge in [-0.3, -0.25) is 0 Å². The number of rotatable bonds is 3. The SMILES string of the molecule is CCC(N)CC1(C)CCCC1. The molecule has 0 aliphatic heterocycles. The summed E-state index contributed by atoms with van der Waals surface area (Å²) in [4.78, 5) is 0. The second-order valence-electron chi connectivity index (χ2n) is 4.39. The molecule has 66 valence electrons. The summed E-state index contributed by atoms with van der Waals surface area (Å²) in [6, 6.07) is 0.443. The van der Waals surface area contributed by atoms with Gasteiger partial charge in [-0.2, -0.15) is 0 Å². The van der Waals surface area contributed by atoms with Gasteiger partial charge in [0.2, 0.25) is 0 Å². The molecule has 0 saturated heterocycles. The highest BCUT2D eigenvalue weighted by atomic mass is 14.6. The Balaban J connectivity index is 2.33. The molecule has 1 rings (SSSR count). The fourth-order valence-electron chi connectivity index (χ4n) is 2.21. The molecule has 1 saturated carbocycles. The lowest BCUT2D eigenvalue weighted by Crippen LogP contribution is -2.27. The van der Waals surface area contributed by atoms with Crippen molar-refractivity contribution in [2.45, 2.75) is 58.4 Å². The fraction of sp³-hybridized carbons (Fsp3) is 1.00. The van der Waals surface area contributed by atoms with E-state index in [1.807, 2.05) is 0 Å². The first-order valence-corrected chi connectivity index (χ1v) is 4.92. The van der Waals surface area contributed by atoms with Gasteiger partial charge in [-0.1, -0.05) is 26.7 Å². The van der Waals surface area contributed by atoms with E-state index in [0.717, 1.165) is 6.42 Å². The average molecular weight is 155 g/mol. The van der Waals surface area contributed by atoms with Gasteiger partial charge in [-0.25, -0.2) is 0 Å². The van der Waals surface area contributed by atoms with E-state index in [1.54, 1.807) is 0 Å². The monoisotopic (exact) mass is 155 g/mol. The maximum absolute atomic E-state index is 5.94. The summed E-state index contributed by atoms with van der Waals surface area (Å²) in [5, 5.41) is 0. The van der Waals surface area contributed by atoms with Crippen molar-refractivity contribution < 1.29 is 0 Å². The van der Waals surface area contributed by atoms with Gasteiger partial charge < -0.3 is 5.73 Å². The van der Waals surface area contributed by atoms with Gasteiger partial charge in [0.25, 0.3) is 0 Å². The third-order valence-corrected chi connectivity index (χ3v) is 3.09. The summed E-state index contributed by atoms with van der Waals surface area (Å²) in [7, 11) is 0. The minimum atomic E-state index is 0.443. The van der Waals surface area contributed by atoms with Crippen LogP contribution < -0.4 is 5.73 Å². The van der Waals surface area contributed by atoms with Crippen LogP contribution in [0.4, 0.5) is 0 Å². The van der Waals surface area contributed by atoms with E-state index in [1.165, 1.54) is 32.1 Å². The Kier molecular flexibility index (Phi) is 2.94. The van der Waals surface area contributed by atoms with Crippen molar-refractivity contribution in [3.8, 4) is 0 Å². The van der Waals surface area contributed by atoms with E-state index in [-0.39, 0.29) is 0 Å². The molecule has 0 aromatic heterocycles. The molecule has 0 radical (unpaired) electrons. The maximum Gasteiger partial charge on any atom is 0.00413 e. The van der Waals surface area contributed by atoms with Crippen LogP contribution in [0.5, 0.6) is 0 Å². The Labute approximate surface area is 70.4 Å². The lowest BCUT2D eigenvalue weighted by Gasteiger charge is -2.26. The molecule has 1 heteroatoms.